The molecule has 4 rings (SSSR count). The van der Waals surface area contributed by atoms with Crippen LogP contribution < -0.4 is 10.1 Å². The monoisotopic (exact) mass is 419 g/mol. The number of benzene rings is 1. The Bertz CT molecular complexity index is 1090. The van der Waals surface area contributed by atoms with Gasteiger partial charge in [-0.05, 0) is 37.1 Å². The largest absolute Gasteiger partial charge is 0.497 e. The van der Waals surface area contributed by atoms with Gasteiger partial charge in [-0.25, -0.2) is 8.42 Å². The van der Waals surface area contributed by atoms with Crippen molar-refractivity contribution in [2.45, 2.75) is 23.8 Å². The van der Waals surface area contributed by atoms with Crippen LogP contribution in [0.25, 0.3) is 11.7 Å². The van der Waals surface area contributed by atoms with Crippen molar-refractivity contribution in [3.8, 4) is 17.4 Å². The fourth-order valence-electron chi connectivity index (χ4n) is 3.06. The number of nitrogens with zero attached hydrogens (tertiary/aromatic N) is 4. The van der Waals surface area contributed by atoms with Crippen molar-refractivity contribution in [2.75, 3.05) is 19.0 Å². The lowest BCUT2D eigenvalue weighted by Crippen LogP contribution is -2.43. The van der Waals surface area contributed by atoms with Gasteiger partial charge in [0.1, 0.15) is 11.8 Å². The summed E-state index contributed by atoms with van der Waals surface area (Å²) >= 11 is 0. The molecule has 12 heteroatoms. The van der Waals surface area contributed by atoms with Gasteiger partial charge < -0.3 is 13.7 Å². The van der Waals surface area contributed by atoms with Crippen LogP contribution >= 0.6 is 0 Å². The van der Waals surface area contributed by atoms with Crippen LogP contribution in [-0.2, 0) is 14.8 Å². The number of anilines is 1. The minimum Gasteiger partial charge on any atom is -0.497 e. The average Bonchev–Trinajstić information content (AvgIpc) is 3.48. The summed E-state index contributed by atoms with van der Waals surface area (Å²) in [6.45, 7) is 0.236. The summed E-state index contributed by atoms with van der Waals surface area (Å²) in [7, 11) is -2.36. The minimum atomic E-state index is -3.85. The molecule has 11 nitrogen and oxygen atoms in total. The second-order valence-corrected chi connectivity index (χ2v) is 8.12. The molecule has 29 heavy (non-hydrogen) atoms. The molecular weight excluding hydrogens is 402 g/mol. The number of hydrogen-bond acceptors (Lipinski definition) is 9. The minimum absolute atomic E-state index is 0.0481. The zero-order valence-corrected chi connectivity index (χ0v) is 16.1. The third-order valence-electron chi connectivity index (χ3n) is 4.48. The van der Waals surface area contributed by atoms with Gasteiger partial charge >= 0.3 is 6.01 Å². The number of methoxy groups -OCH3 is 1. The van der Waals surface area contributed by atoms with Crippen molar-refractivity contribution in [3.63, 3.8) is 0 Å². The zero-order valence-electron chi connectivity index (χ0n) is 15.3. The maximum Gasteiger partial charge on any atom is 0.322 e. The van der Waals surface area contributed by atoms with Gasteiger partial charge in [-0.15, -0.1) is 5.10 Å². The van der Waals surface area contributed by atoms with E-state index in [4.69, 9.17) is 13.7 Å². The molecule has 0 spiro atoms. The van der Waals surface area contributed by atoms with Gasteiger partial charge in [-0.3, -0.25) is 10.1 Å². The summed E-state index contributed by atoms with van der Waals surface area (Å²) < 4.78 is 42.5. The topological polar surface area (TPSA) is 141 Å². The Labute approximate surface area is 165 Å². The predicted octanol–water partition coefficient (Wildman–Crippen LogP) is 1.52. The van der Waals surface area contributed by atoms with Crippen LogP contribution in [0.5, 0.6) is 5.75 Å². The first kappa shape index (κ1) is 19.1. The molecule has 0 bridgehead atoms. The Morgan fingerprint density at radius 3 is 2.72 bits per heavy atom. The molecule has 1 amide bonds. The fraction of sp³-hybridized carbons (Fsp3) is 0.294. The first-order chi connectivity index (χ1) is 14.0. The highest BCUT2D eigenvalue weighted by atomic mass is 32.2. The van der Waals surface area contributed by atoms with Crippen molar-refractivity contribution in [2.24, 2.45) is 0 Å². The molecule has 1 N–H and O–H groups in total. The van der Waals surface area contributed by atoms with Gasteiger partial charge in [0.15, 0.2) is 0 Å². The fourth-order valence-corrected chi connectivity index (χ4v) is 4.72. The molecule has 1 saturated heterocycles. The van der Waals surface area contributed by atoms with Crippen molar-refractivity contribution in [3.05, 3.63) is 36.5 Å². The standard InChI is InChI=1S/C17H17N5O6S/c1-26-11-4-6-12(7-5-11)29(24,25)22-10-2-3-13(22)15(23)19-17-21-20-16(27-17)14-8-9-18-28-14/h4-9,13H,2-3,10H2,1H3,(H,19,21,23)/t13-/m0/s1. The molecule has 1 aliphatic heterocycles. The number of aromatic nitrogens is 3. The summed E-state index contributed by atoms with van der Waals surface area (Å²) in [5.41, 5.74) is 0. The molecule has 3 heterocycles. The Kier molecular flexibility index (Phi) is 5.03. The molecule has 0 radical (unpaired) electrons. The molecule has 0 saturated carbocycles. The number of nitrogens with one attached hydrogen (secondary N) is 1. The highest BCUT2D eigenvalue weighted by molar-refractivity contribution is 7.89. The third-order valence-corrected chi connectivity index (χ3v) is 6.40. The van der Waals surface area contributed by atoms with E-state index in [2.05, 4.69) is 20.7 Å². The van der Waals surface area contributed by atoms with E-state index in [0.29, 0.717) is 18.6 Å². The van der Waals surface area contributed by atoms with Gasteiger partial charge in [0, 0.05) is 12.6 Å². The van der Waals surface area contributed by atoms with Crippen molar-refractivity contribution < 1.29 is 26.9 Å². The van der Waals surface area contributed by atoms with E-state index in [9.17, 15) is 13.2 Å². The lowest BCUT2D eigenvalue weighted by molar-refractivity contribution is -0.119. The van der Waals surface area contributed by atoms with E-state index < -0.39 is 22.0 Å². The smallest absolute Gasteiger partial charge is 0.322 e. The molecular formula is C17H17N5O6S. The maximum absolute atomic E-state index is 13.0. The Balaban J connectivity index is 1.50. The molecule has 0 unspecified atom stereocenters. The molecule has 1 atom stereocenters. The number of rotatable bonds is 6. The molecule has 1 aliphatic rings. The van der Waals surface area contributed by atoms with E-state index in [-0.39, 0.29) is 29.1 Å². The Hall–Kier alpha value is -3.25. The summed E-state index contributed by atoms with van der Waals surface area (Å²) in [6.07, 6.45) is 2.35. The SMILES string of the molecule is COc1ccc(S(=O)(=O)N2CCC[C@H]2C(=O)Nc2nnc(-c3ccno3)o2)cc1. The molecule has 1 aromatic carbocycles. The number of hydrogen-bond donors (Lipinski definition) is 1. The summed E-state index contributed by atoms with van der Waals surface area (Å²) in [5, 5.41) is 13.5. The second-order valence-electron chi connectivity index (χ2n) is 6.23. The number of carbonyl (C=O) groups excluding carboxylic acids is 1. The van der Waals surface area contributed by atoms with Crippen molar-refractivity contribution in [1.82, 2.24) is 19.7 Å². The van der Waals surface area contributed by atoms with Gasteiger partial charge in [-0.1, -0.05) is 10.3 Å². The molecule has 1 fully saturated rings. The molecule has 152 valence electrons. The van der Waals surface area contributed by atoms with Crippen LogP contribution in [0.4, 0.5) is 6.01 Å². The van der Waals surface area contributed by atoms with Crippen molar-refractivity contribution in [1.29, 1.82) is 0 Å². The Morgan fingerprint density at radius 2 is 2.03 bits per heavy atom. The molecule has 3 aromatic rings. The zero-order chi connectivity index (χ0) is 20.4. The highest BCUT2D eigenvalue weighted by Crippen LogP contribution is 2.28. The quantitative estimate of drug-likeness (QED) is 0.629. The lowest BCUT2D eigenvalue weighted by Gasteiger charge is -2.22. The lowest BCUT2D eigenvalue weighted by atomic mass is 10.2. The highest BCUT2D eigenvalue weighted by Gasteiger charge is 2.40. The second kappa shape index (κ2) is 7.64. The molecule has 0 aliphatic carbocycles. The molecule has 2 aromatic heterocycles. The maximum atomic E-state index is 13.0. The van der Waals surface area contributed by atoms with Crippen LogP contribution in [0.3, 0.4) is 0 Å². The van der Waals surface area contributed by atoms with E-state index >= 15 is 0 Å². The summed E-state index contributed by atoms with van der Waals surface area (Å²) in [6, 6.07) is 6.49. The van der Waals surface area contributed by atoms with Gasteiger partial charge in [0.2, 0.25) is 21.7 Å². The average molecular weight is 419 g/mol. The van der Waals surface area contributed by atoms with Gasteiger partial charge in [-0.2, -0.15) is 4.31 Å². The first-order valence-corrected chi connectivity index (χ1v) is 10.1. The predicted molar refractivity (Wildman–Crippen MR) is 98.3 cm³/mol. The van der Waals surface area contributed by atoms with Crippen LogP contribution in [-0.4, -0.2) is 53.7 Å². The summed E-state index contributed by atoms with van der Waals surface area (Å²) in [4.78, 5) is 12.8. The number of amides is 1. The van der Waals surface area contributed by atoms with Crippen LogP contribution in [0.2, 0.25) is 0 Å². The van der Waals surface area contributed by atoms with Gasteiger partial charge in [0.25, 0.3) is 5.89 Å². The normalized spacial score (nSPS) is 17.3. The van der Waals surface area contributed by atoms with Crippen molar-refractivity contribution >= 4 is 21.9 Å². The van der Waals surface area contributed by atoms with E-state index in [1.807, 2.05) is 0 Å². The van der Waals surface area contributed by atoms with Crippen LogP contribution in [0.1, 0.15) is 12.8 Å². The van der Waals surface area contributed by atoms with Crippen LogP contribution in [0, 0.1) is 0 Å². The Morgan fingerprint density at radius 1 is 1.24 bits per heavy atom. The van der Waals surface area contributed by atoms with E-state index in [1.165, 1.54) is 35.8 Å². The first-order valence-electron chi connectivity index (χ1n) is 8.70. The van der Waals surface area contributed by atoms with E-state index in [1.54, 1.807) is 12.1 Å². The number of sulfonamides is 1. The third kappa shape index (κ3) is 3.71. The van der Waals surface area contributed by atoms with Gasteiger partial charge in [0.05, 0.1) is 18.2 Å². The number of ether oxygens (including phenoxy) is 1. The van der Waals surface area contributed by atoms with Crippen LogP contribution in [0.15, 0.2) is 50.4 Å². The number of carbonyl (C=O) groups is 1. The summed E-state index contributed by atoms with van der Waals surface area (Å²) in [5.74, 6) is 0.292. The van der Waals surface area contributed by atoms with E-state index in [0.717, 1.165) is 0 Å².